The number of aromatic nitrogens is 1. The summed E-state index contributed by atoms with van der Waals surface area (Å²) in [5.41, 5.74) is 1.89. The molecule has 1 atom stereocenters. The smallest absolute Gasteiger partial charge is 0.292 e. The lowest BCUT2D eigenvalue weighted by molar-refractivity contribution is 0.0418. The quantitative estimate of drug-likeness (QED) is 0.868. The molecule has 5 nitrogen and oxygen atoms in total. The molecule has 116 valence electrons. The Labute approximate surface area is 129 Å². The normalized spacial score (nSPS) is 17.5. The average molecular weight is 300 g/mol. The molecule has 1 aromatic heterocycles. The van der Waals surface area contributed by atoms with E-state index in [1.54, 1.807) is 13.2 Å². The Morgan fingerprint density at radius 2 is 2.23 bits per heavy atom. The maximum Gasteiger partial charge on any atom is 0.292 e. The highest BCUT2D eigenvalue weighted by Crippen LogP contribution is 2.36. The number of hydrogen-bond acceptors (Lipinski definition) is 4. The summed E-state index contributed by atoms with van der Waals surface area (Å²) in [7, 11) is 1.64. The molecule has 0 N–H and O–H groups in total. The van der Waals surface area contributed by atoms with Gasteiger partial charge in [-0.25, -0.2) is 0 Å². The minimum atomic E-state index is -0.0986. The van der Waals surface area contributed by atoms with Crippen molar-refractivity contribution in [3.05, 3.63) is 47.3 Å². The number of benzene rings is 1. The van der Waals surface area contributed by atoms with E-state index in [9.17, 15) is 4.79 Å². The number of ether oxygens (including phenoxy) is 1. The molecule has 1 aromatic carbocycles. The van der Waals surface area contributed by atoms with Gasteiger partial charge < -0.3 is 14.2 Å². The van der Waals surface area contributed by atoms with Crippen LogP contribution in [0.25, 0.3) is 0 Å². The van der Waals surface area contributed by atoms with Gasteiger partial charge in [0.2, 0.25) is 5.76 Å². The molecule has 5 heteroatoms. The summed E-state index contributed by atoms with van der Waals surface area (Å²) in [6, 6.07) is 9.67. The van der Waals surface area contributed by atoms with E-state index >= 15 is 0 Å². The largest absolute Gasteiger partial charge is 0.497 e. The highest BCUT2D eigenvalue weighted by Gasteiger charge is 2.35. The summed E-state index contributed by atoms with van der Waals surface area (Å²) >= 11 is 0. The predicted octanol–water partition coefficient (Wildman–Crippen LogP) is 3.39. The fourth-order valence-corrected chi connectivity index (χ4v) is 2.63. The van der Waals surface area contributed by atoms with Gasteiger partial charge in [-0.15, -0.1) is 0 Å². The molecular weight excluding hydrogens is 280 g/mol. The van der Waals surface area contributed by atoms with Gasteiger partial charge in [0.25, 0.3) is 5.91 Å². The minimum Gasteiger partial charge on any atom is -0.497 e. The van der Waals surface area contributed by atoms with E-state index in [2.05, 4.69) is 5.16 Å². The van der Waals surface area contributed by atoms with E-state index in [0.29, 0.717) is 5.76 Å². The second-order valence-corrected chi connectivity index (χ2v) is 5.85. The number of nitrogens with zero attached hydrogens (tertiary/aromatic N) is 2. The molecular formula is C17H20N2O3. The fraction of sp³-hybridized carbons (Fsp3) is 0.412. The Balaban J connectivity index is 1.78. The van der Waals surface area contributed by atoms with Crippen LogP contribution in [0.5, 0.6) is 5.75 Å². The number of methoxy groups -OCH3 is 1. The van der Waals surface area contributed by atoms with Gasteiger partial charge >= 0.3 is 0 Å². The molecule has 1 saturated heterocycles. The molecule has 1 fully saturated rings. The summed E-state index contributed by atoms with van der Waals surface area (Å²) < 4.78 is 10.5. The number of amides is 1. The molecule has 1 amide bonds. The average Bonchev–Trinajstić information content (AvgIpc) is 2.96. The van der Waals surface area contributed by atoms with Crippen LogP contribution in [0, 0.1) is 0 Å². The van der Waals surface area contributed by atoms with Crippen molar-refractivity contribution in [3.63, 3.8) is 0 Å². The summed E-state index contributed by atoms with van der Waals surface area (Å²) in [5, 5.41) is 3.96. The van der Waals surface area contributed by atoms with Crippen LogP contribution >= 0.6 is 0 Å². The standard InChI is InChI=1S/C17H20N2O3/c1-11(2)14-10-16(22-18-14)17(20)19-8-7-15(19)12-5-4-6-13(9-12)21-3/h4-6,9-11,15H,7-8H2,1-3H3/t15-/m0/s1. The summed E-state index contributed by atoms with van der Waals surface area (Å²) in [6.07, 6.45) is 0.948. The zero-order chi connectivity index (χ0) is 15.7. The third kappa shape index (κ3) is 2.58. The van der Waals surface area contributed by atoms with Crippen molar-refractivity contribution < 1.29 is 14.1 Å². The van der Waals surface area contributed by atoms with E-state index in [1.807, 2.05) is 43.0 Å². The molecule has 0 unspecified atom stereocenters. The molecule has 1 aliphatic rings. The van der Waals surface area contributed by atoms with Crippen LogP contribution in [0.15, 0.2) is 34.9 Å². The van der Waals surface area contributed by atoms with Crippen molar-refractivity contribution in [1.29, 1.82) is 0 Å². The zero-order valence-corrected chi connectivity index (χ0v) is 13.1. The Kier molecular flexibility index (Phi) is 3.88. The molecule has 2 aromatic rings. The van der Waals surface area contributed by atoms with Gasteiger partial charge in [-0.2, -0.15) is 0 Å². The van der Waals surface area contributed by atoms with Gasteiger partial charge in [-0.05, 0) is 30.0 Å². The van der Waals surface area contributed by atoms with Crippen LogP contribution in [0.2, 0.25) is 0 Å². The van der Waals surface area contributed by atoms with Gasteiger partial charge in [-0.1, -0.05) is 31.1 Å². The minimum absolute atomic E-state index is 0.0789. The van der Waals surface area contributed by atoms with Crippen molar-refractivity contribution in [2.75, 3.05) is 13.7 Å². The maximum atomic E-state index is 12.6. The topological polar surface area (TPSA) is 55.6 Å². The van der Waals surface area contributed by atoms with Crippen LogP contribution in [-0.4, -0.2) is 29.6 Å². The first-order chi connectivity index (χ1) is 10.6. The first kappa shape index (κ1) is 14.6. The van der Waals surface area contributed by atoms with Gasteiger partial charge in [-0.3, -0.25) is 4.79 Å². The predicted molar refractivity (Wildman–Crippen MR) is 82.0 cm³/mol. The van der Waals surface area contributed by atoms with Crippen molar-refractivity contribution in [2.24, 2.45) is 0 Å². The number of carbonyl (C=O) groups excluding carboxylic acids is 1. The Bertz CT molecular complexity index is 678. The first-order valence-electron chi connectivity index (χ1n) is 7.51. The van der Waals surface area contributed by atoms with E-state index < -0.39 is 0 Å². The molecule has 0 spiro atoms. The summed E-state index contributed by atoms with van der Waals surface area (Å²) in [5.74, 6) is 1.27. The lowest BCUT2D eigenvalue weighted by atomic mass is 9.94. The van der Waals surface area contributed by atoms with Crippen LogP contribution in [0.4, 0.5) is 0 Å². The monoisotopic (exact) mass is 300 g/mol. The highest BCUT2D eigenvalue weighted by atomic mass is 16.5. The second kappa shape index (κ2) is 5.83. The zero-order valence-electron chi connectivity index (χ0n) is 13.1. The van der Waals surface area contributed by atoms with E-state index in [4.69, 9.17) is 9.26 Å². The van der Waals surface area contributed by atoms with Gasteiger partial charge in [0, 0.05) is 12.6 Å². The number of likely N-dealkylation sites (tertiary alicyclic amines) is 1. The van der Waals surface area contributed by atoms with Crippen LogP contribution in [0.3, 0.4) is 0 Å². The van der Waals surface area contributed by atoms with Gasteiger partial charge in [0.05, 0.1) is 18.8 Å². The molecule has 3 rings (SSSR count). The second-order valence-electron chi connectivity index (χ2n) is 5.85. The van der Waals surface area contributed by atoms with E-state index in [-0.39, 0.29) is 17.9 Å². The van der Waals surface area contributed by atoms with E-state index in [0.717, 1.165) is 30.0 Å². The SMILES string of the molecule is COc1cccc([C@@H]2CCN2C(=O)c2cc(C(C)C)no2)c1. The van der Waals surface area contributed by atoms with Gasteiger partial charge in [0.15, 0.2) is 0 Å². The lowest BCUT2D eigenvalue weighted by Crippen LogP contribution is -2.45. The molecule has 2 heterocycles. The van der Waals surface area contributed by atoms with Crippen LogP contribution < -0.4 is 4.74 Å². The Morgan fingerprint density at radius 1 is 1.41 bits per heavy atom. The molecule has 0 aliphatic carbocycles. The van der Waals surface area contributed by atoms with Crippen LogP contribution in [-0.2, 0) is 0 Å². The first-order valence-corrected chi connectivity index (χ1v) is 7.51. The summed E-state index contributed by atoms with van der Waals surface area (Å²) in [4.78, 5) is 14.4. The van der Waals surface area contributed by atoms with Crippen molar-refractivity contribution in [1.82, 2.24) is 10.1 Å². The molecule has 22 heavy (non-hydrogen) atoms. The third-order valence-corrected chi connectivity index (χ3v) is 4.09. The number of rotatable bonds is 4. The van der Waals surface area contributed by atoms with Crippen molar-refractivity contribution >= 4 is 5.91 Å². The van der Waals surface area contributed by atoms with Crippen molar-refractivity contribution in [2.45, 2.75) is 32.2 Å². The fourth-order valence-electron chi connectivity index (χ4n) is 2.63. The van der Waals surface area contributed by atoms with Gasteiger partial charge in [0.1, 0.15) is 5.75 Å². The highest BCUT2D eigenvalue weighted by molar-refractivity contribution is 5.92. The molecule has 0 saturated carbocycles. The Hall–Kier alpha value is -2.30. The Morgan fingerprint density at radius 3 is 2.82 bits per heavy atom. The molecule has 0 radical (unpaired) electrons. The molecule has 0 bridgehead atoms. The molecule has 1 aliphatic heterocycles. The van der Waals surface area contributed by atoms with Crippen LogP contribution in [0.1, 0.15) is 54.0 Å². The number of hydrogen-bond donors (Lipinski definition) is 0. The maximum absolute atomic E-state index is 12.6. The lowest BCUT2D eigenvalue weighted by Gasteiger charge is -2.40. The summed E-state index contributed by atoms with van der Waals surface area (Å²) in [6.45, 7) is 4.78. The van der Waals surface area contributed by atoms with E-state index in [1.165, 1.54) is 0 Å². The van der Waals surface area contributed by atoms with Crippen molar-refractivity contribution in [3.8, 4) is 5.75 Å². The number of carbonyl (C=O) groups is 1. The third-order valence-electron chi connectivity index (χ3n) is 4.09.